The highest BCUT2D eigenvalue weighted by atomic mass is 32.2. The molecule has 1 aromatic heterocycles. The Kier molecular flexibility index (Phi) is 4.24. The number of aromatic nitrogens is 2. The zero-order chi connectivity index (χ0) is 15.6. The Morgan fingerprint density at radius 1 is 1.38 bits per heavy atom. The van der Waals surface area contributed by atoms with Crippen LogP contribution in [0.15, 0.2) is 41.6 Å². The molecule has 6 nitrogen and oxygen atoms in total. The van der Waals surface area contributed by atoms with Crippen LogP contribution in [0.1, 0.15) is 35.8 Å². The molecule has 2 rings (SSSR count). The van der Waals surface area contributed by atoms with Crippen LogP contribution in [0.4, 0.5) is 0 Å². The highest BCUT2D eigenvalue weighted by Gasteiger charge is 2.19. The molecule has 112 valence electrons. The second-order valence-corrected chi connectivity index (χ2v) is 6.59. The average Bonchev–Trinajstić information content (AvgIpc) is 2.85. The minimum atomic E-state index is -3.69. The smallest absolute Gasteiger partial charge is 0.241 e. The Hall–Kier alpha value is -1.99. The van der Waals surface area contributed by atoms with Gasteiger partial charge in [-0.05, 0) is 26.0 Å². The van der Waals surface area contributed by atoms with E-state index in [1.54, 1.807) is 43.2 Å². The van der Waals surface area contributed by atoms with Gasteiger partial charge in [-0.1, -0.05) is 12.1 Å². The second-order valence-electron chi connectivity index (χ2n) is 4.87. The molecule has 0 aliphatic rings. The maximum Gasteiger partial charge on any atom is 0.241 e. The van der Waals surface area contributed by atoms with E-state index >= 15 is 0 Å². The summed E-state index contributed by atoms with van der Waals surface area (Å²) < 4.78 is 28.9. The predicted molar refractivity (Wildman–Crippen MR) is 78.4 cm³/mol. The number of nitrogens with zero attached hydrogens (tertiary/aromatic N) is 2. The summed E-state index contributed by atoms with van der Waals surface area (Å²) in [5.41, 5.74) is 1.13. The van der Waals surface area contributed by atoms with Gasteiger partial charge in [0.05, 0.1) is 11.1 Å². The number of hydrogen-bond acceptors (Lipinski definition) is 4. The van der Waals surface area contributed by atoms with Crippen molar-refractivity contribution in [2.24, 2.45) is 7.05 Å². The van der Waals surface area contributed by atoms with Gasteiger partial charge in [0.15, 0.2) is 5.78 Å². The van der Waals surface area contributed by atoms with E-state index in [2.05, 4.69) is 9.82 Å². The topological polar surface area (TPSA) is 81.1 Å². The number of carbonyl (C=O) groups excluding carboxylic acids is 1. The average molecular weight is 307 g/mol. The first-order valence-corrected chi connectivity index (χ1v) is 7.90. The largest absolute Gasteiger partial charge is 0.295 e. The SMILES string of the molecule is CC(=O)c1cccc(S(=O)(=O)N[C@H](C)c2cnn(C)c2)c1. The number of sulfonamides is 1. The lowest BCUT2D eigenvalue weighted by atomic mass is 10.2. The van der Waals surface area contributed by atoms with Crippen LogP contribution in [0.3, 0.4) is 0 Å². The van der Waals surface area contributed by atoms with Crippen molar-refractivity contribution >= 4 is 15.8 Å². The third-order valence-electron chi connectivity index (χ3n) is 3.11. The van der Waals surface area contributed by atoms with E-state index in [9.17, 15) is 13.2 Å². The first kappa shape index (κ1) is 15.4. The monoisotopic (exact) mass is 307 g/mol. The number of aryl methyl sites for hydroxylation is 1. The lowest BCUT2D eigenvalue weighted by Gasteiger charge is -2.13. The number of hydrogen-bond donors (Lipinski definition) is 1. The van der Waals surface area contributed by atoms with Crippen molar-refractivity contribution in [2.45, 2.75) is 24.8 Å². The summed E-state index contributed by atoms with van der Waals surface area (Å²) in [6.45, 7) is 3.14. The fourth-order valence-electron chi connectivity index (χ4n) is 1.91. The van der Waals surface area contributed by atoms with E-state index in [4.69, 9.17) is 0 Å². The van der Waals surface area contributed by atoms with Gasteiger partial charge in [-0.25, -0.2) is 13.1 Å². The molecular formula is C14H17N3O3S. The molecule has 1 aromatic carbocycles. The van der Waals surface area contributed by atoms with Crippen LogP contribution >= 0.6 is 0 Å². The van der Waals surface area contributed by atoms with Crippen molar-refractivity contribution in [1.29, 1.82) is 0 Å². The van der Waals surface area contributed by atoms with Gasteiger partial charge in [0.2, 0.25) is 10.0 Å². The fourth-order valence-corrected chi connectivity index (χ4v) is 3.19. The number of Topliss-reactive ketones (excluding diaryl/α,β-unsaturated/α-hetero) is 1. The minimum Gasteiger partial charge on any atom is -0.295 e. The van der Waals surface area contributed by atoms with E-state index < -0.39 is 16.1 Å². The zero-order valence-electron chi connectivity index (χ0n) is 12.1. The van der Waals surface area contributed by atoms with Gasteiger partial charge in [0.25, 0.3) is 0 Å². The van der Waals surface area contributed by atoms with Gasteiger partial charge in [0.1, 0.15) is 0 Å². The van der Waals surface area contributed by atoms with E-state index in [1.807, 2.05) is 0 Å². The second kappa shape index (κ2) is 5.79. The number of nitrogens with one attached hydrogen (secondary N) is 1. The number of rotatable bonds is 5. The van der Waals surface area contributed by atoms with Crippen LogP contribution in [-0.2, 0) is 17.1 Å². The lowest BCUT2D eigenvalue weighted by Crippen LogP contribution is -2.26. The van der Waals surface area contributed by atoms with Crippen LogP contribution in [-0.4, -0.2) is 24.0 Å². The molecular weight excluding hydrogens is 290 g/mol. The van der Waals surface area contributed by atoms with Gasteiger partial charge in [-0.3, -0.25) is 9.48 Å². The Morgan fingerprint density at radius 2 is 2.10 bits per heavy atom. The molecule has 2 aromatic rings. The molecule has 0 amide bonds. The number of ketones is 1. The Bertz CT molecular complexity index is 765. The van der Waals surface area contributed by atoms with E-state index in [0.29, 0.717) is 5.56 Å². The maximum absolute atomic E-state index is 12.3. The quantitative estimate of drug-likeness (QED) is 0.852. The summed E-state index contributed by atoms with van der Waals surface area (Å²) in [4.78, 5) is 11.4. The van der Waals surface area contributed by atoms with E-state index in [-0.39, 0.29) is 10.7 Å². The molecule has 0 saturated carbocycles. The highest BCUT2D eigenvalue weighted by Crippen LogP contribution is 2.17. The molecule has 7 heteroatoms. The lowest BCUT2D eigenvalue weighted by molar-refractivity contribution is 0.101. The number of benzene rings is 1. The van der Waals surface area contributed by atoms with Crippen molar-refractivity contribution in [3.05, 3.63) is 47.8 Å². The minimum absolute atomic E-state index is 0.0749. The molecule has 0 unspecified atom stereocenters. The van der Waals surface area contributed by atoms with E-state index in [0.717, 1.165) is 5.56 Å². The summed E-state index contributed by atoms with van der Waals surface area (Å²) >= 11 is 0. The van der Waals surface area contributed by atoms with Crippen LogP contribution in [0.5, 0.6) is 0 Å². The van der Waals surface area contributed by atoms with Crippen molar-refractivity contribution < 1.29 is 13.2 Å². The van der Waals surface area contributed by atoms with Gasteiger partial charge in [0, 0.05) is 30.4 Å². The first-order chi connectivity index (χ1) is 9.79. The van der Waals surface area contributed by atoms with Gasteiger partial charge in [-0.2, -0.15) is 5.10 Å². The summed E-state index contributed by atoms with van der Waals surface area (Å²) in [6.07, 6.45) is 3.36. The molecule has 0 aliphatic heterocycles. The summed E-state index contributed by atoms with van der Waals surface area (Å²) in [5, 5.41) is 4.01. The Labute approximate surface area is 123 Å². The van der Waals surface area contributed by atoms with Gasteiger partial charge >= 0.3 is 0 Å². The molecule has 0 radical (unpaired) electrons. The summed E-state index contributed by atoms with van der Waals surface area (Å²) in [7, 11) is -1.93. The normalized spacial score (nSPS) is 13.1. The molecule has 0 bridgehead atoms. The summed E-state index contributed by atoms with van der Waals surface area (Å²) in [6, 6.07) is 5.57. The third-order valence-corrected chi connectivity index (χ3v) is 4.65. The van der Waals surface area contributed by atoms with Crippen molar-refractivity contribution in [1.82, 2.24) is 14.5 Å². The fraction of sp³-hybridized carbons (Fsp3) is 0.286. The van der Waals surface area contributed by atoms with Crippen LogP contribution in [0.25, 0.3) is 0 Å². The van der Waals surface area contributed by atoms with Crippen molar-refractivity contribution in [3.63, 3.8) is 0 Å². The Morgan fingerprint density at radius 3 is 2.67 bits per heavy atom. The van der Waals surface area contributed by atoms with Crippen molar-refractivity contribution in [3.8, 4) is 0 Å². The maximum atomic E-state index is 12.3. The molecule has 0 saturated heterocycles. The van der Waals surface area contributed by atoms with E-state index in [1.165, 1.54) is 19.1 Å². The van der Waals surface area contributed by atoms with Crippen LogP contribution in [0, 0.1) is 0 Å². The molecule has 0 fully saturated rings. The van der Waals surface area contributed by atoms with Gasteiger partial charge in [-0.15, -0.1) is 0 Å². The standard InChI is InChI=1S/C14H17N3O3S/c1-10(13-8-15-17(3)9-13)16-21(19,20)14-6-4-5-12(7-14)11(2)18/h4-10,16H,1-3H3/t10-/m1/s1. The molecule has 1 atom stereocenters. The third kappa shape index (κ3) is 3.56. The van der Waals surface area contributed by atoms with Crippen LogP contribution in [0.2, 0.25) is 0 Å². The number of carbonyl (C=O) groups is 1. The highest BCUT2D eigenvalue weighted by molar-refractivity contribution is 7.89. The first-order valence-electron chi connectivity index (χ1n) is 6.41. The molecule has 0 aliphatic carbocycles. The summed E-state index contributed by atoms with van der Waals surface area (Å²) in [5.74, 6) is -0.174. The van der Waals surface area contributed by atoms with Crippen molar-refractivity contribution in [2.75, 3.05) is 0 Å². The zero-order valence-corrected chi connectivity index (χ0v) is 12.9. The van der Waals surface area contributed by atoms with Gasteiger partial charge < -0.3 is 0 Å². The molecule has 1 heterocycles. The predicted octanol–water partition coefficient (Wildman–Crippen LogP) is 1.66. The van der Waals surface area contributed by atoms with Crippen LogP contribution < -0.4 is 4.72 Å². The Balaban J connectivity index is 2.26. The molecule has 21 heavy (non-hydrogen) atoms. The molecule has 1 N–H and O–H groups in total. The molecule has 0 spiro atoms.